The maximum atomic E-state index is 11.2. The molecule has 2 heteroatoms. The Morgan fingerprint density at radius 1 is 1.46 bits per heavy atom. The smallest absolute Gasteiger partial charge is 0.160 e. The molecule has 0 aliphatic heterocycles. The lowest BCUT2D eigenvalue weighted by Crippen LogP contribution is -2.01. The normalized spacial score (nSPS) is 10.1. The van der Waals surface area contributed by atoms with Crippen LogP contribution in [-0.2, 0) is 11.3 Å². The lowest BCUT2D eigenvalue weighted by atomic mass is 10.0. The molecule has 2 nitrogen and oxygen atoms in total. The van der Waals surface area contributed by atoms with Crippen LogP contribution in [0.1, 0.15) is 28.4 Å². The molecule has 70 valence electrons. The zero-order chi connectivity index (χ0) is 9.84. The highest BCUT2D eigenvalue weighted by molar-refractivity contribution is 5.95. The van der Waals surface area contributed by atoms with E-state index in [0.717, 1.165) is 16.7 Å². The van der Waals surface area contributed by atoms with Crippen LogP contribution in [0.4, 0.5) is 0 Å². The summed E-state index contributed by atoms with van der Waals surface area (Å²) in [6.45, 7) is 4.05. The van der Waals surface area contributed by atoms with E-state index in [4.69, 9.17) is 4.74 Å². The first-order chi connectivity index (χ1) is 6.15. The van der Waals surface area contributed by atoms with Crippen LogP contribution >= 0.6 is 0 Å². The number of methoxy groups -OCH3 is 1. The third-order valence-corrected chi connectivity index (χ3v) is 1.94. The molecule has 0 saturated heterocycles. The van der Waals surface area contributed by atoms with Gasteiger partial charge in [0.2, 0.25) is 0 Å². The Labute approximate surface area is 78.5 Å². The van der Waals surface area contributed by atoms with E-state index in [0.29, 0.717) is 6.61 Å². The van der Waals surface area contributed by atoms with Gasteiger partial charge in [0.1, 0.15) is 0 Å². The number of carbonyl (C=O) groups excluding carboxylic acids is 1. The molecule has 0 heterocycles. The molecule has 0 amide bonds. The van der Waals surface area contributed by atoms with Gasteiger partial charge in [-0.3, -0.25) is 4.79 Å². The Morgan fingerprint density at radius 3 is 2.69 bits per heavy atom. The quantitative estimate of drug-likeness (QED) is 0.664. The summed E-state index contributed by atoms with van der Waals surface area (Å²) in [6, 6.07) is 5.83. The van der Waals surface area contributed by atoms with E-state index >= 15 is 0 Å². The van der Waals surface area contributed by atoms with Crippen LogP contribution in [0.2, 0.25) is 0 Å². The zero-order valence-corrected chi connectivity index (χ0v) is 8.26. The first kappa shape index (κ1) is 9.93. The van der Waals surface area contributed by atoms with Gasteiger partial charge in [-0.25, -0.2) is 0 Å². The van der Waals surface area contributed by atoms with Crippen molar-refractivity contribution in [3.05, 3.63) is 34.9 Å². The second kappa shape index (κ2) is 4.19. The average molecular weight is 178 g/mol. The van der Waals surface area contributed by atoms with Crippen molar-refractivity contribution in [1.82, 2.24) is 0 Å². The fourth-order valence-corrected chi connectivity index (χ4v) is 1.30. The number of hydrogen-bond acceptors (Lipinski definition) is 2. The number of benzene rings is 1. The summed E-state index contributed by atoms with van der Waals surface area (Å²) < 4.78 is 5.01. The fourth-order valence-electron chi connectivity index (χ4n) is 1.30. The van der Waals surface area contributed by atoms with E-state index < -0.39 is 0 Å². The highest BCUT2D eigenvalue weighted by Crippen LogP contribution is 2.13. The van der Waals surface area contributed by atoms with Crippen LogP contribution in [0.3, 0.4) is 0 Å². The molecule has 0 saturated carbocycles. The molecule has 0 aromatic heterocycles. The molecular weight excluding hydrogens is 164 g/mol. The lowest BCUT2D eigenvalue weighted by Gasteiger charge is -2.06. The van der Waals surface area contributed by atoms with Gasteiger partial charge in [0.25, 0.3) is 0 Å². The number of Topliss-reactive ketones (excluding diaryl/α,β-unsaturated/α-hetero) is 1. The lowest BCUT2D eigenvalue weighted by molar-refractivity contribution is 0.101. The third kappa shape index (κ3) is 2.39. The molecule has 1 rings (SSSR count). The van der Waals surface area contributed by atoms with Crippen LogP contribution < -0.4 is 0 Å². The number of hydrogen-bond donors (Lipinski definition) is 0. The highest BCUT2D eigenvalue weighted by atomic mass is 16.5. The zero-order valence-electron chi connectivity index (χ0n) is 8.26. The number of carbonyl (C=O) groups is 1. The van der Waals surface area contributed by atoms with Crippen molar-refractivity contribution in [3.63, 3.8) is 0 Å². The Balaban J connectivity index is 3.10. The van der Waals surface area contributed by atoms with Gasteiger partial charge in [-0.15, -0.1) is 0 Å². The van der Waals surface area contributed by atoms with Crippen LogP contribution in [0.25, 0.3) is 0 Å². The van der Waals surface area contributed by atoms with Gasteiger partial charge in [-0.2, -0.15) is 0 Å². The molecule has 1 aromatic carbocycles. The predicted octanol–water partition coefficient (Wildman–Crippen LogP) is 2.34. The van der Waals surface area contributed by atoms with Crippen molar-refractivity contribution < 1.29 is 9.53 Å². The highest BCUT2D eigenvalue weighted by Gasteiger charge is 2.06. The van der Waals surface area contributed by atoms with Crippen molar-refractivity contribution in [3.8, 4) is 0 Å². The van der Waals surface area contributed by atoms with Gasteiger partial charge in [0.05, 0.1) is 6.61 Å². The molecule has 0 aliphatic carbocycles. The second-order valence-corrected chi connectivity index (χ2v) is 3.15. The van der Waals surface area contributed by atoms with Gasteiger partial charge in [0, 0.05) is 12.7 Å². The van der Waals surface area contributed by atoms with Crippen LogP contribution in [0.15, 0.2) is 18.2 Å². The molecule has 0 atom stereocenters. The van der Waals surface area contributed by atoms with Gasteiger partial charge < -0.3 is 4.74 Å². The van der Waals surface area contributed by atoms with E-state index in [1.807, 2.05) is 25.1 Å². The summed E-state index contributed by atoms with van der Waals surface area (Å²) in [5, 5.41) is 0. The molecule has 0 unspecified atom stereocenters. The summed E-state index contributed by atoms with van der Waals surface area (Å²) in [4.78, 5) is 11.2. The largest absolute Gasteiger partial charge is 0.380 e. The minimum absolute atomic E-state index is 0.0933. The summed E-state index contributed by atoms with van der Waals surface area (Å²) in [5.74, 6) is 0.0933. The van der Waals surface area contributed by atoms with E-state index in [-0.39, 0.29) is 5.78 Å². The number of aryl methyl sites for hydroxylation is 1. The van der Waals surface area contributed by atoms with Gasteiger partial charge in [0.15, 0.2) is 5.78 Å². The maximum absolute atomic E-state index is 11.2. The summed E-state index contributed by atoms with van der Waals surface area (Å²) >= 11 is 0. The standard InChI is InChI=1S/C11H14O2/c1-8-4-5-10(7-13-3)11(6-8)9(2)12/h4-6H,7H2,1-3H3. The fraction of sp³-hybridized carbons (Fsp3) is 0.364. The first-order valence-corrected chi connectivity index (χ1v) is 4.24. The molecule has 1 aromatic rings. The average Bonchev–Trinajstić information content (AvgIpc) is 2.08. The molecular formula is C11H14O2. The number of ether oxygens (including phenoxy) is 1. The molecule has 0 bridgehead atoms. The monoisotopic (exact) mass is 178 g/mol. The van der Waals surface area contributed by atoms with Gasteiger partial charge >= 0.3 is 0 Å². The van der Waals surface area contributed by atoms with E-state index in [1.165, 1.54) is 0 Å². The van der Waals surface area contributed by atoms with E-state index in [2.05, 4.69) is 0 Å². The van der Waals surface area contributed by atoms with Crippen molar-refractivity contribution in [2.75, 3.05) is 7.11 Å². The van der Waals surface area contributed by atoms with Crippen molar-refractivity contribution >= 4 is 5.78 Å². The van der Waals surface area contributed by atoms with Gasteiger partial charge in [-0.1, -0.05) is 17.7 Å². The number of ketones is 1. The number of rotatable bonds is 3. The van der Waals surface area contributed by atoms with Crippen molar-refractivity contribution in [1.29, 1.82) is 0 Å². The third-order valence-electron chi connectivity index (χ3n) is 1.94. The molecule has 0 spiro atoms. The molecule has 0 aliphatic rings. The predicted molar refractivity (Wildman–Crippen MR) is 51.9 cm³/mol. The second-order valence-electron chi connectivity index (χ2n) is 3.15. The SMILES string of the molecule is COCc1ccc(C)cc1C(C)=O. The van der Waals surface area contributed by atoms with Crippen molar-refractivity contribution in [2.45, 2.75) is 20.5 Å². The minimum Gasteiger partial charge on any atom is -0.380 e. The topological polar surface area (TPSA) is 26.3 Å². The Bertz CT molecular complexity index is 316. The maximum Gasteiger partial charge on any atom is 0.160 e. The summed E-state index contributed by atoms with van der Waals surface area (Å²) in [7, 11) is 1.63. The van der Waals surface area contributed by atoms with Crippen LogP contribution in [0.5, 0.6) is 0 Å². The molecule has 0 fully saturated rings. The van der Waals surface area contributed by atoms with Crippen molar-refractivity contribution in [2.24, 2.45) is 0 Å². The van der Waals surface area contributed by atoms with E-state index in [1.54, 1.807) is 14.0 Å². The Kier molecular flexibility index (Phi) is 3.20. The summed E-state index contributed by atoms with van der Waals surface area (Å²) in [6.07, 6.45) is 0. The molecule has 0 radical (unpaired) electrons. The van der Waals surface area contributed by atoms with Crippen LogP contribution in [0, 0.1) is 6.92 Å². The molecule has 0 N–H and O–H groups in total. The van der Waals surface area contributed by atoms with Gasteiger partial charge in [-0.05, 0) is 25.5 Å². The van der Waals surface area contributed by atoms with Crippen LogP contribution in [-0.4, -0.2) is 12.9 Å². The van der Waals surface area contributed by atoms with E-state index in [9.17, 15) is 4.79 Å². The minimum atomic E-state index is 0.0933. The first-order valence-electron chi connectivity index (χ1n) is 4.24. The Morgan fingerprint density at radius 2 is 2.15 bits per heavy atom. The molecule has 13 heavy (non-hydrogen) atoms. The summed E-state index contributed by atoms with van der Waals surface area (Å²) in [5.41, 5.74) is 2.83. The Hall–Kier alpha value is -1.15.